The molecule has 0 spiro atoms. The summed E-state index contributed by atoms with van der Waals surface area (Å²) in [5.41, 5.74) is 0. The van der Waals surface area contributed by atoms with Gasteiger partial charge in [0.2, 0.25) is 0 Å². The first-order valence-electron chi connectivity index (χ1n) is 1.89. The van der Waals surface area contributed by atoms with Crippen LogP contribution in [0.25, 0.3) is 0 Å². The maximum absolute atomic E-state index is 9.64. The van der Waals surface area contributed by atoms with Crippen molar-refractivity contribution >= 4 is 10.7 Å². The molecular weight excluding hydrogens is 100 g/mol. The second-order valence-electron chi connectivity index (χ2n) is 1.06. The molecule has 0 bridgehead atoms. The molecule has 0 amide bonds. The summed E-state index contributed by atoms with van der Waals surface area (Å²) in [5, 5.41) is 0. The maximum atomic E-state index is 9.64. The van der Waals surface area contributed by atoms with Crippen molar-refractivity contribution in [3.8, 4) is 0 Å². The van der Waals surface area contributed by atoms with E-state index in [0.29, 0.717) is 5.75 Å². The number of hydrogen-bond acceptors (Lipinski definition) is 2. The molecule has 0 aliphatic rings. The van der Waals surface area contributed by atoms with Gasteiger partial charge in [0.15, 0.2) is 0 Å². The monoisotopic (exact) mass is 108 g/mol. The van der Waals surface area contributed by atoms with Crippen LogP contribution < -0.4 is 0 Å². The van der Waals surface area contributed by atoms with E-state index in [4.69, 9.17) is 0 Å². The molecule has 0 radical (unpaired) electrons. The van der Waals surface area contributed by atoms with E-state index in [1.54, 1.807) is 0 Å². The first-order chi connectivity index (χ1) is 2.77. The van der Waals surface area contributed by atoms with Gasteiger partial charge in [-0.2, -0.15) is 0 Å². The van der Waals surface area contributed by atoms with Gasteiger partial charge in [-0.3, -0.25) is 0 Å². The van der Waals surface area contributed by atoms with Crippen LogP contribution in [0.3, 0.4) is 0 Å². The summed E-state index contributed by atoms with van der Waals surface area (Å²) in [5.74, 6) is 0.329. The Morgan fingerprint density at radius 1 is 1.50 bits per heavy atom. The molecule has 0 aromatic carbocycles. The Hall–Kier alpha value is -0.0500. The van der Waals surface area contributed by atoms with Gasteiger partial charge in [-0.05, 0) is 6.42 Å². The van der Waals surface area contributed by atoms with Crippen LogP contribution >= 0.6 is 0 Å². The Morgan fingerprint density at radius 2 is 2.00 bits per heavy atom. The van der Waals surface area contributed by atoms with Crippen molar-refractivity contribution in [2.75, 3.05) is 5.75 Å². The minimum absolute atomic E-state index is 0.329. The number of hydrogen-bond donors (Lipinski definition) is 1. The summed E-state index contributed by atoms with van der Waals surface area (Å²) in [6.45, 7) is 1.84. The topological polar surface area (TPSA) is 34.1 Å². The van der Waals surface area contributed by atoms with Crippen molar-refractivity contribution in [1.82, 2.24) is 0 Å². The third kappa shape index (κ3) is 3.95. The van der Waals surface area contributed by atoms with Crippen LogP contribution in [0, 0.1) is 0 Å². The zero-order valence-electron chi connectivity index (χ0n) is 3.68. The van der Waals surface area contributed by atoms with Crippen molar-refractivity contribution in [3.05, 3.63) is 0 Å². The van der Waals surface area contributed by atoms with E-state index in [1.807, 2.05) is 6.92 Å². The Bertz CT molecular complexity index is 76.8. The minimum atomic E-state index is -2.10. The molecule has 0 N–H and O–H groups in total. The fraction of sp³-hybridized carbons (Fsp3) is 1.00. The van der Waals surface area contributed by atoms with Crippen LogP contribution in [0.2, 0.25) is 0 Å². The standard InChI is InChI=1S/C3H8O2S/c1-2-3-6(4)5/h6H,2-3H2,1H3. The van der Waals surface area contributed by atoms with E-state index in [0.717, 1.165) is 6.42 Å². The molecule has 38 valence electrons. The maximum Gasteiger partial charge on any atom is 0.140 e. The zero-order chi connectivity index (χ0) is 4.99. The molecule has 0 rings (SSSR count). The molecule has 3 heteroatoms. The van der Waals surface area contributed by atoms with E-state index in [1.165, 1.54) is 0 Å². The molecule has 0 aromatic rings. The van der Waals surface area contributed by atoms with Crippen LogP contribution in [-0.2, 0) is 10.7 Å². The highest BCUT2D eigenvalue weighted by atomic mass is 32.2. The number of thiol groups is 1. The van der Waals surface area contributed by atoms with Gasteiger partial charge < -0.3 is 0 Å². The predicted octanol–water partition coefficient (Wildman–Crippen LogP) is 0.00780. The molecule has 0 unspecified atom stereocenters. The SMILES string of the molecule is CCC[SH](=O)=O. The lowest BCUT2D eigenvalue weighted by atomic mass is 10.6. The fourth-order valence-corrected chi connectivity index (χ4v) is 0.548. The molecule has 0 saturated carbocycles. The van der Waals surface area contributed by atoms with Crippen molar-refractivity contribution < 1.29 is 8.42 Å². The van der Waals surface area contributed by atoms with Crippen molar-refractivity contribution in [2.45, 2.75) is 13.3 Å². The summed E-state index contributed by atoms with van der Waals surface area (Å²) >= 11 is 0. The summed E-state index contributed by atoms with van der Waals surface area (Å²) in [7, 11) is -2.10. The lowest BCUT2D eigenvalue weighted by molar-refractivity contribution is 0.613. The Kier molecular flexibility index (Phi) is 3.13. The summed E-state index contributed by atoms with van der Waals surface area (Å²) in [6, 6.07) is 0. The molecule has 2 nitrogen and oxygen atoms in total. The molecular formula is C3H8O2S. The first kappa shape index (κ1) is 5.95. The van der Waals surface area contributed by atoms with Gasteiger partial charge in [-0.25, -0.2) is 8.42 Å². The van der Waals surface area contributed by atoms with Crippen molar-refractivity contribution in [3.63, 3.8) is 0 Å². The molecule has 0 atom stereocenters. The van der Waals surface area contributed by atoms with Gasteiger partial charge in [0, 0.05) is 5.75 Å². The van der Waals surface area contributed by atoms with E-state index in [9.17, 15) is 8.42 Å². The van der Waals surface area contributed by atoms with Gasteiger partial charge in [0.1, 0.15) is 10.7 Å². The third-order valence-electron chi connectivity index (χ3n) is 0.406. The van der Waals surface area contributed by atoms with Crippen molar-refractivity contribution in [2.24, 2.45) is 0 Å². The van der Waals surface area contributed by atoms with Crippen LogP contribution in [-0.4, -0.2) is 14.2 Å². The van der Waals surface area contributed by atoms with Crippen LogP contribution in [0.15, 0.2) is 0 Å². The van der Waals surface area contributed by atoms with Gasteiger partial charge >= 0.3 is 0 Å². The Labute approximate surface area is 39.1 Å². The van der Waals surface area contributed by atoms with E-state index in [-0.39, 0.29) is 0 Å². The molecule has 0 saturated heterocycles. The van der Waals surface area contributed by atoms with E-state index in [2.05, 4.69) is 0 Å². The highest BCUT2D eigenvalue weighted by molar-refractivity contribution is 7.72. The molecule has 0 fully saturated rings. The average Bonchev–Trinajstić information content (AvgIpc) is 1.35. The normalized spacial score (nSPS) is 9.67. The van der Waals surface area contributed by atoms with Gasteiger partial charge in [-0.1, -0.05) is 6.92 Å². The summed E-state index contributed by atoms with van der Waals surface area (Å²) < 4.78 is 19.3. The Morgan fingerprint density at radius 3 is 2.00 bits per heavy atom. The minimum Gasteiger partial charge on any atom is -0.232 e. The highest BCUT2D eigenvalue weighted by Gasteiger charge is 1.75. The second kappa shape index (κ2) is 3.15. The van der Waals surface area contributed by atoms with Crippen molar-refractivity contribution in [1.29, 1.82) is 0 Å². The van der Waals surface area contributed by atoms with Crippen LogP contribution in [0.5, 0.6) is 0 Å². The lowest BCUT2D eigenvalue weighted by Gasteiger charge is -1.72. The average molecular weight is 108 g/mol. The molecule has 0 heterocycles. The summed E-state index contributed by atoms with van der Waals surface area (Å²) in [4.78, 5) is 0. The van der Waals surface area contributed by atoms with Crippen LogP contribution in [0.4, 0.5) is 0 Å². The zero-order valence-corrected chi connectivity index (χ0v) is 4.57. The lowest BCUT2D eigenvalue weighted by Crippen LogP contribution is -1.80. The molecule has 0 aliphatic carbocycles. The van der Waals surface area contributed by atoms with E-state index < -0.39 is 10.7 Å². The molecule has 0 aliphatic heterocycles. The predicted molar refractivity (Wildman–Crippen MR) is 25.5 cm³/mol. The molecule has 6 heavy (non-hydrogen) atoms. The van der Waals surface area contributed by atoms with E-state index >= 15 is 0 Å². The highest BCUT2D eigenvalue weighted by Crippen LogP contribution is 1.71. The van der Waals surface area contributed by atoms with Crippen LogP contribution in [0.1, 0.15) is 13.3 Å². The largest absolute Gasteiger partial charge is 0.232 e. The summed E-state index contributed by atoms with van der Waals surface area (Å²) in [6.07, 6.45) is 0.735. The van der Waals surface area contributed by atoms with Gasteiger partial charge in [0.25, 0.3) is 0 Å². The Balaban J connectivity index is 3.07. The fourth-order valence-electron chi connectivity index (χ4n) is 0.183. The smallest absolute Gasteiger partial charge is 0.140 e. The number of rotatable bonds is 2. The first-order valence-corrected chi connectivity index (χ1v) is 3.25. The molecule has 0 aromatic heterocycles. The second-order valence-corrected chi connectivity index (χ2v) is 2.17. The van der Waals surface area contributed by atoms with Gasteiger partial charge in [0.05, 0.1) is 0 Å². The third-order valence-corrected chi connectivity index (χ3v) is 1.22. The van der Waals surface area contributed by atoms with Gasteiger partial charge in [-0.15, -0.1) is 0 Å². The quantitative estimate of drug-likeness (QED) is 0.505.